The molecule has 2 N–H and O–H groups in total. The Bertz CT molecular complexity index is 476. The fourth-order valence-electron chi connectivity index (χ4n) is 1.69. The second-order valence-electron chi connectivity index (χ2n) is 4.39. The largest absolute Gasteiger partial charge is 0.393 e. The van der Waals surface area contributed by atoms with Gasteiger partial charge < -0.3 is 10.6 Å². The lowest BCUT2D eigenvalue weighted by atomic mass is 10.1. The Kier molecular flexibility index (Phi) is 5.11. The van der Waals surface area contributed by atoms with Crippen LogP contribution in [0.1, 0.15) is 29.3 Å². The Morgan fingerprint density at radius 1 is 1.56 bits per heavy atom. The van der Waals surface area contributed by atoms with Gasteiger partial charge in [0, 0.05) is 30.1 Å². The molecular weight excluding hydrogens is 268 g/mol. The number of aryl methyl sites for hydroxylation is 1. The van der Waals surface area contributed by atoms with Gasteiger partial charge >= 0.3 is 0 Å². The zero-order chi connectivity index (χ0) is 13.9. The highest BCUT2D eigenvalue weighted by atomic mass is 35.5. The Morgan fingerprint density at radius 3 is 2.67 bits per heavy atom. The topological polar surface area (TPSA) is 46.3 Å². The molecule has 5 heteroatoms. The number of amides is 1. The minimum Gasteiger partial charge on any atom is -0.393 e. The van der Waals surface area contributed by atoms with Crippen LogP contribution in [0.2, 0.25) is 5.02 Å². The van der Waals surface area contributed by atoms with Crippen LogP contribution >= 0.6 is 23.8 Å². The van der Waals surface area contributed by atoms with Gasteiger partial charge in [0.05, 0.1) is 4.99 Å². The van der Waals surface area contributed by atoms with Crippen LogP contribution in [-0.4, -0.2) is 28.9 Å². The molecule has 1 unspecified atom stereocenters. The Hall–Kier alpha value is -1.13. The average molecular weight is 285 g/mol. The molecule has 98 valence electrons. The number of rotatable bonds is 4. The molecule has 0 saturated heterocycles. The second-order valence-corrected chi connectivity index (χ2v) is 5.36. The van der Waals surface area contributed by atoms with E-state index in [0.29, 0.717) is 22.0 Å². The number of hydrogen-bond acceptors (Lipinski definition) is 2. The van der Waals surface area contributed by atoms with E-state index in [1.165, 1.54) is 0 Å². The van der Waals surface area contributed by atoms with Crippen molar-refractivity contribution in [2.75, 3.05) is 7.05 Å². The normalized spacial score (nSPS) is 12.0. The van der Waals surface area contributed by atoms with Gasteiger partial charge in [-0.25, -0.2) is 0 Å². The van der Waals surface area contributed by atoms with Crippen molar-refractivity contribution in [1.29, 1.82) is 0 Å². The first-order valence-corrected chi connectivity index (χ1v) is 6.43. The van der Waals surface area contributed by atoms with Crippen molar-refractivity contribution in [2.24, 2.45) is 5.73 Å². The van der Waals surface area contributed by atoms with Crippen molar-refractivity contribution in [3.05, 3.63) is 34.3 Å². The van der Waals surface area contributed by atoms with Crippen LogP contribution in [0, 0.1) is 6.92 Å². The summed E-state index contributed by atoms with van der Waals surface area (Å²) in [7, 11) is 1.75. The quantitative estimate of drug-likeness (QED) is 0.865. The maximum atomic E-state index is 12.3. The van der Waals surface area contributed by atoms with Gasteiger partial charge in [0.25, 0.3) is 5.91 Å². The lowest BCUT2D eigenvalue weighted by Gasteiger charge is -2.25. The first-order chi connectivity index (χ1) is 8.32. The zero-order valence-electron chi connectivity index (χ0n) is 10.7. The fourth-order valence-corrected chi connectivity index (χ4v) is 2.15. The molecule has 0 aliphatic rings. The van der Waals surface area contributed by atoms with Gasteiger partial charge in [-0.3, -0.25) is 4.79 Å². The van der Waals surface area contributed by atoms with E-state index in [0.717, 1.165) is 5.56 Å². The van der Waals surface area contributed by atoms with E-state index >= 15 is 0 Å². The number of nitrogens with zero attached hydrogens (tertiary/aromatic N) is 1. The van der Waals surface area contributed by atoms with Crippen LogP contribution in [0.5, 0.6) is 0 Å². The van der Waals surface area contributed by atoms with Crippen LogP contribution < -0.4 is 5.73 Å². The molecular formula is C13H17ClN2OS. The van der Waals surface area contributed by atoms with Gasteiger partial charge in [0.1, 0.15) is 0 Å². The molecule has 0 aliphatic heterocycles. The molecule has 1 rings (SSSR count). The molecule has 18 heavy (non-hydrogen) atoms. The number of carbonyl (C=O) groups excluding carboxylic acids is 1. The third kappa shape index (κ3) is 3.68. The Balaban J connectivity index is 2.89. The third-order valence-corrected chi connectivity index (χ3v) is 3.30. The summed E-state index contributed by atoms with van der Waals surface area (Å²) in [5, 5.41) is 0.628. The summed E-state index contributed by atoms with van der Waals surface area (Å²) < 4.78 is 0. The van der Waals surface area contributed by atoms with Gasteiger partial charge in [0.15, 0.2) is 0 Å². The van der Waals surface area contributed by atoms with Crippen LogP contribution in [-0.2, 0) is 0 Å². The summed E-state index contributed by atoms with van der Waals surface area (Å²) in [5.74, 6) is -0.0482. The maximum Gasteiger partial charge on any atom is 0.254 e. The molecule has 0 radical (unpaired) electrons. The van der Waals surface area contributed by atoms with Crippen molar-refractivity contribution in [3.8, 4) is 0 Å². The minimum atomic E-state index is -0.0482. The number of halogens is 1. The second kappa shape index (κ2) is 6.16. The van der Waals surface area contributed by atoms with Crippen molar-refractivity contribution in [3.63, 3.8) is 0 Å². The van der Waals surface area contributed by atoms with E-state index in [1.54, 1.807) is 30.1 Å². The summed E-state index contributed by atoms with van der Waals surface area (Å²) in [5.41, 5.74) is 7.01. The zero-order valence-corrected chi connectivity index (χ0v) is 12.3. The number of thiocarbonyl (C=S) groups is 1. The van der Waals surface area contributed by atoms with E-state index in [1.807, 2.05) is 13.8 Å². The highest BCUT2D eigenvalue weighted by molar-refractivity contribution is 7.80. The molecule has 0 fully saturated rings. The molecule has 0 aromatic heterocycles. The summed E-state index contributed by atoms with van der Waals surface area (Å²) in [6.07, 6.45) is 0.518. The van der Waals surface area contributed by atoms with Crippen LogP contribution in [0.25, 0.3) is 0 Å². The number of hydrogen-bond donors (Lipinski definition) is 1. The van der Waals surface area contributed by atoms with Gasteiger partial charge in [-0.2, -0.15) is 0 Å². The lowest BCUT2D eigenvalue weighted by molar-refractivity contribution is 0.0747. The van der Waals surface area contributed by atoms with Gasteiger partial charge in [-0.15, -0.1) is 0 Å². The molecule has 0 bridgehead atoms. The SMILES string of the molecule is Cc1cc(Cl)ccc1C(=O)N(C)C(C)CC(N)=S. The molecule has 0 heterocycles. The average Bonchev–Trinajstić information content (AvgIpc) is 2.26. The molecule has 1 amide bonds. The van der Waals surface area contributed by atoms with E-state index in [-0.39, 0.29) is 11.9 Å². The third-order valence-electron chi connectivity index (χ3n) is 2.90. The fraction of sp³-hybridized carbons (Fsp3) is 0.385. The van der Waals surface area contributed by atoms with E-state index in [4.69, 9.17) is 29.6 Å². The van der Waals surface area contributed by atoms with Crippen LogP contribution in [0.3, 0.4) is 0 Å². The predicted molar refractivity (Wildman–Crippen MR) is 79.1 cm³/mol. The minimum absolute atomic E-state index is 0.0231. The highest BCUT2D eigenvalue weighted by Gasteiger charge is 2.19. The lowest BCUT2D eigenvalue weighted by Crippen LogP contribution is -2.37. The van der Waals surface area contributed by atoms with Gasteiger partial charge in [-0.1, -0.05) is 23.8 Å². The summed E-state index contributed by atoms with van der Waals surface area (Å²) in [6.45, 7) is 3.79. The first kappa shape index (κ1) is 14.9. The summed E-state index contributed by atoms with van der Waals surface area (Å²) in [6, 6.07) is 5.21. The predicted octanol–water partition coefficient (Wildman–Crippen LogP) is 2.79. The molecule has 0 spiro atoms. The Morgan fingerprint density at radius 2 is 2.17 bits per heavy atom. The monoisotopic (exact) mass is 284 g/mol. The highest BCUT2D eigenvalue weighted by Crippen LogP contribution is 2.17. The Labute approximate surface area is 118 Å². The van der Waals surface area contributed by atoms with Crippen LogP contribution in [0.15, 0.2) is 18.2 Å². The molecule has 0 aliphatic carbocycles. The molecule has 1 aromatic rings. The van der Waals surface area contributed by atoms with Crippen molar-refractivity contribution < 1.29 is 4.79 Å². The smallest absolute Gasteiger partial charge is 0.254 e. The standard InChI is InChI=1S/C13H17ClN2OS/c1-8-6-10(14)4-5-11(8)13(17)16(3)9(2)7-12(15)18/h4-6,9H,7H2,1-3H3,(H2,15,18). The van der Waals surface area contributed by atoms with Gasteiger partial charge in [0.2, 0.25) is 0 Å². The maximum absolute atomic E-state index is 12.3. The van der Waals surface area contributed by atoms with Crippen molar-refractivity contribution in [1.82, 2.24) is 4.90 Å². The van der Waals surface area contributed by atoms with E-state index in [9.17, 15) is 4.79 Å². The van der Waals surface area contributed by atoms with Crippen molar-refractivity contribution >= 4 is 34.7 Å². The summed E-state index contributed by atoms with van der Waals surface area (Å²) in [4.78, 5) is 14.4. The first-order valence-electron chi connectivity index (χ1n) is 5.64. The molecule has 1 aromatic carbocycles. The summed E-state index contributed by atoms with van der Waals surface area (Å²) >= 11 is 10.7. The number of nitrogens with two attached hydrogens (primary N) is 1. The number of benzene rings is 1. The van der Waals surface area contributed by atoms with Gasteiger partial charge in [-0.05, 0) is 37.6 Å². The van der Waals surface area contributed by atoms with Crippen molar-refractivity contribution in [2.45, 2.75) is 26.3 Å². The van der Waals surface area contributed by atoms with E-state index < -0.39 is 0 Å². The molecule has 3 nitrogen and oxygen atoms in total. The molecule has 1 atom stereocenters. The van der Waals surface area contributed by atoms with E-state index in [2.05, 4.69) is 0 Å². The van der Waals surface area contributed by atoms with Crippen LogP contribution in [0.4, 0.5) is 0 Å². The molecule has 0 saturated carbocycles. The number of carbonyl (C=O) groups is 1.